The second-order valence-corrected chi connectivity index (χ2v) is 4.78. The predicted molar refractivity (Wildman–Crippen MR) is 77.9 cm³/mol. The number of nitrogens with zero attached hydrogens (tertiary/aromatic N) is 1. The first-order valence-electron chi connectivity index (χ1n) is 6.34. The quantitative estimate of drug-likeness (QED) is 0.579. The van der Waals surface area contributed by atoms with E-state index in [0.29, 0.717) is 0 Å². The molecule has 0 amide bonds. The molecule has 3 heteroatoms. The summed E-state index contributed by atoms with van der Waals surface area (Å²) in [7, 11) is 4.06. The summed E-state index contributed by atoms with van der Waals surface area (Å²) in [4.78, 5) is 0. The van der Waals surface area contributed by atoms with Crippen molar-refractivity contribution in [2.75, 3.05) is 14.1 Å². The van der Waals surface area contributed by atoms with Crippen LogP contribution in [0.4, 0.5) is 0 Å². The molecule has 1 aliphatic heterocycles. The fourth-order valence-electron chi connectivity index (χ4n) is 2.10. The van der Waals surface area contributed by atoms with Gasteiger partial charge in [0, 0.05) is 17.2 Å². The molecule has 1 aromatic carbocycles. The maximum atomic E-state index is 6.01. The molecule has 0 spiro atoms. The molecule has 0 saturated carbocycles. The molecule has 1 aliphatic carbocycles. The first-order chi connectivity index (χ1) is 9.24. The van der Waals surface area contributed by atoms with Gasteiger partial charge < -0.3 is 16.8 Å². The van der Waals surface area contributed by atoms with Crippen LogP contribution in [0.3, 0.4) is 0 Å². The lowest BCUT2D eigenvalue weighted by Gasteiger charge is -2.07. The molecule has 0 bridgehead atoms. The van der Waals surface area contributed by atoms with Crippen LogP contribution in [0.15, 0.2) is 65.1 Å². The molecule has 0 aromatic heterocycles. The van der Waals surface area contributed by atoms with Gasteiger partial charge in [-0.15, -0.1) is 0 Å². The van der Waals surface area contributed by atoms with Crippen LogP contribution in [0.2, 0.25) is 0 Å². The molecule has 2 nitrogen and oxygen atoms in total. The summed E-state index contributed by atoms with van der Waals surface area (Å²) in [5.74, 6) is 1.80. The van der Waals surface area contributed by atoms with Crippen molar-refractivity contribution in [3.8, 4) is 22.6 Å². The van der Waals surface area contributed by atoms with Gasteiger partial charge in [-0.1, -0.05) is 30.3 Å². The van der Waals surface area contributed by atoms with Crippen LogP contribution in [0.5, 0.6) is 0 Å². The third-order valence-electron chi connectivity index (χ3n) is 3.21. The second-order valence-electron chi connectivity index (χ2n) is 4.78. The molecule has 0 saturated heterocycles. The third kappa shape index (κ3) is 2.75. The fraction of sp³-hybridized carbons (Fsp3) is 0.118. The van der Waals surface area contributed by atoms with Gasteiger partial charge in [-0.25, -0.2) is 4.58 Å². The monoisotopic (exact) mass is 285 g/mol. The minimum Gasteiger partial charge on any atom is -1.00 e. The van der Waals surface area contributed by atoms with E-state index >= 15 is 0 Å². The van der Waals surface area contributed by atoms with E-state index in [1.165, 1.54) is 0 Å². The Bertz CT molecular complexity index is 742. The van der Waals surface area contributed by atoms with E-state index in [1.807, 2.05) is 38.4 Å². The van der Waals surface area contributed by atoms with Crippen LogP contribution < -0.4 is 22.3 Å². The van der Waals surface area contributed by atoms with Crippen molar-refractivity contribution >= 4 is 0 Å². The van der Waals surface area contributed by atoms with Crippen LogP contribution >= 0.6 is 0 Å². The molecular formula is C17H16ClNO. The Morgan fingerprint density at radius 3 is 2.10 bits per heavy atom. The molecule has 1 aromatic rings. The largest absolute Gasteiger partial charge is 1.00 e. The third-order valence-corrected chi connectivity index (χ3v) is 3.21. The van der Waals surface area contributed by atoms with E-state index < -0.39 is 0 Å². The topological polar surface area (TPSA) is 16.1 Å². The van der Waals surface area contributed by atoms with Crippen LogP contribution in [0, 0.1) is 0 Å². The van der Waals surface area contributed by atoms with Crippen LogP contribution in [0.1, 0.15) is 0 Å². The smallest absolute Gasteiger partial charge is 0.203 e. The number of fused-ring (bicyclic) bond motifs is 1. The summed E-state index contributed by atoms with van der Waals surface area (Å²) in [6.45, 7) is 0. The van der Waals surface area contributed by atoms with Crippen LogP contribution in [-0.2, 0) is 0 Å². The van der Waals surface area contributed by atoms with E-state index in [2.05, 4.69) is 41.0 Å². The lowest BCUT2D eigenvalue weighted by atomic mass is 10.1. The average Bonchev–Trinajstić information content (AvgIpc) is 2.47. The van der Waals surface area contributed by atoms with Gasteiger partial charge in [0.1, 0.15) is 25.6 Å². The Hall–Kier alpha value is -2.06. The molecule has 0 fully saturated rings. The molecule has 0 N–H and O–H groups in total. The Kier molecular flexibility index (Phi) is 4.26. The minimum atomic E-state index is 0. The van der Waals surface area contributed by atoms with Crippen LogP contribution in [0.25, 0.3) is 22.6 Å². The number of rotatable bonds is 1. The van der Waals surface area contributed by atoms with E-state index in [0.717, 1.165) is 28.0 Å². The van der Waals surface area contributed by atoms with Crippen molar-refractivity contribution in [3.63, 3.8) is 0 Å². The van der Waals surface area contributed by atoms with Crippen molar-refractivity contribution in [2.45, 2.75) is 0 Å². The highest BCUT2D eigenvalue weighted by molar-refractivity contribution is 5.65. The normalized spacial score (nSPS) is 10.1. The van der Waals surface area contributed by atoms with Crippen LogP contribution in [-0.4, -0.2) is 14.1 Å². The molecule has 0 atom stereocenters. The Balaban J connectivity index is 0.00000147. The highest BCUT2D eigenvalue weighted by atomic mass is 35.5. The molecule has 2 aliphatic rings. The maximum Gasteiger partial charge on any atom is 0.203 e. The summed E-state index contributed by atoms with van der Waals surface area (Å²) in [6, 6.07) is 20.5. The maximum absolute atomic E-state index is 6.01. The summed E-state index contributed by atoms with van der Waals surface area (Å²) >= 11 is 0. The van der Waals surface area contributed by atoms with Gasteiger partial charge in [-0.05, 0) is 18.2 Å². The van der Waals surface area contributed by atoms with E-state index in [1.54, 1.807) is 0 Å². The summed E-state index contributed by atoms with van der Waals surface area (Å²) in [5, 5.41) is 1.14. The van der Waals surface area contributed by atoms with E-state index in [4.69, 9.17) is 4.42 Å². The van der Waals surface area contributed by atoms with Gasteiger partial charge >= 0.3 is 0 Å². The lowest BCUT2D eigenvalue weighted by Crippen LogP contribution is -3.00. The Morgan fingerprint density at radius 1 is 0.750 bits per heavy atom. The zero-order valence-corrected chi connectivity index (χ0v) is 12.3. The first kappa shape index (κ1) is 14.4. The highest BCUT2D eigenvalue weighted by Gasteiger charge is 2.08. The van der Waals surface area contributed by atoms with Crippen molar-refractivity contribution in [3.05, 3.63) is 66.0 Å². The summed E-state index contributed by atoms with van der Waals surface area (Å²) in [5.41, 5.74) is 2.21. The summed E-state index contributed by atoms with van der Waals surface area (Å²) in [6.07, 6.45) is 0. The van der Waals surface area contributed by atoms with Crippen molar-refractivity contribution < 1.29 is 16.8 Å². The standard InChI is InChI=1S/C17H16NO.ClH/c1-18(2)15-10-8-14-9-11-16(19-17(14)12-15)13-6-4-3-5-7-13;/h3-12H,1-2H3;1H/q+1;/p-1. The van der Waals surface area contributed by atoms with Crippen molar-refractivity contribution in [2.24, 2.45) is 0 Å². The van der Waals surface area contributed by atoms with Gasteiger partial charge in [-0.2, -0.15) is 0 Å². The molecule has 0 unspecified atom stereocenters. The molecule has 0 radical (unpaired) electrons. The Labute approximate surface area is 124 Å². The molecular weight excluding hydrogens is 270 g/mol. The number of benzene rings is 2. The lowest BCUT2D eigenvalue weighted by molar-refractivity contribution is -0.00000433. The highest BCUT2D eigenvalue weighted by Crippen LogP contribution is 2.27. The first-order valence-corrected chi connectivity index (χ1v) is 6.34. The number of hydrogen-bond acceptors (Lipinski definition) is 1. The van der Waals surface area contributed by atoms with Gasteiger partial charge in [0.25, 0.3) is 0 Å². The van der Waals surface area contributed by atoms with E-state index in [-0.39, 0.29) is 12.4 Å². The second kappa shape index (κ2) is 5.93. The zero-order valence-electron chi connectivity index (χ0n) is 11.5. The predicted octanol–water partition coefficient (Wildman–Crippen LogP) is 0.0872. The van der Waals surface area contributed by atoms with Crippen molar-refractivity contribution in [1.29, 1.82) is 0 Å². The van der Waals surface area contributed by atoms with Gasteiger partial charge in [0.05, 0.1) is 6.07 Å². The zero-order chi connectivity index (χ0) is 13.2. The average molecular weight is 286 g/mol. The number of halogens is 1. The number of hydrogen-bond donors (Lipinski definition) is 0. The Morgan fingerprint density at radius 2 is 1.40 bits per heavy atom. The van der Waals surface area contributed by atoms with E-state index in [9.17, 15) is 0 Å². The van der Waals surface area contributed by atoms with Gasteiger partial charge in [-0.3, -0.25) is 0 Å². The van der Waals surface area contributed by atoms with Gasteiger partial charge in [0.2, 0.25) is 5.36 Å². The fourth-order valence-corrected chi connectivity index (χ4v) is 2.10. The molecule has 20 heavy (non-hydrogen) atoms. The van der Waals surface area contributed by atoms with Gasteiger partial charge in [0.15, 0.2) is 0 Å². The molecule has 1 heterocycles. The molecule has 3 rings (SSSR count). The summed E-state index contributed by atoms with van der Waals surface area (Å²) < 4.78 is 8.09. The molecule has 102 valence electrons. The SMILES string of the molecule is C[N+](C)=c1ccc2ccc(-c3ccccc3)oc-2c1.[Cl-]. The van der Waals surface area contributed by atoms with Crippen molar-refractivity contribution in [1.82, 2.24) is 4.58 Å². The minimum absolute atomic E-state index is 0.